The van der Waals surface area contributed by atoms with E-state index in [0.29, 0.717) is 57.8 Å². The van der Waals surface area contributed by atoms with E-state index in [1.165, 1.54) is 12.1 Å². The van der Waals surface area contributed by atoms with E-state index in [4.69, 9.17) is 21.1 Å². The predicted octanol–water partition coefficient (Wildman–Crippen LogP) is 8.80. The van der Waals surface area contributed by atoms with Crippen molar-refractivity contribution in [3.05, 3.63) is 99.0 Å². The number of alkyl carbamates (subject to hydrolysis) is 2. The minimum absolute atomic E-state index is 0.0959. The zero-order valence-corrected chi connectivity index (χ0v) is 39.6. The first-order chi connectivity index (χ1) is 32.7. The Morgan fingerprint density at radius 2 is 1.10 bits per heavy atom. The number of aliphatic hydroxyl groups excluding tert-OH is 2. The first-order valence-electron chi connectivity index (χ1n) is 21.6. The van der Waals surface area contributed by atoms with Crippen LogP contribution in [-0.4, -0.2) is 112 Å². The summed E-state index contributed by atoms with van der Waals surface area (Å²) in [4.78, 5) is 45.9. The number of anilines is 3. The number of rotatable bonds is 13. The highest BCUT2D eigenvalue weighted by molar-refractivity contribution is 7.19. The molecule has 6 aromatic rings. The number of nitrogens with one attached hydrogen (secondary N) is 3. The number of hydrogen-bond acceptors (Lipinski definition) is 15. The molecule has 0 radical (unpaired) electrons. The number of halogens is 7. The molecule has 5 N–H and O–H groups in total. The van der Waals surface area contributed by atoms with Gasteiger partial charge in [-0.25, -0.2) is 19.6 Å². The van der Waals surface area contributed by atoms with E-state index >= 15 is 0 Å². The van der Waals surface area contributed by atoms with E-state index in [1.807, 2.05) is 60.7 Å². The van der Waals surface area contributed by atoms with Crippen LogP contribution in [0.3, 0.4) is 0 Å². The highest BCUT2D eigenvalue weighted by Crippen LogP contribution is 2.39. The molecule has 0 spiro atoms. The normalized spacial score (nSPS) is 20.3. The average Bonchev–Trinajstić information content (AvgIpc) is 4.07. The monoisotopic (exact) mass is 1020 g/mol. The lowest BCUT2D eigenvalue weighted by Crippen LogP contribution is -2.39. The topological polar surface area (TPSA) is 187 Å². The van der Waals surface area contributed by atoms with E-state index in [2.05, 4.69) is 35.9 Å². The Bertz CT molecular complexity index is 2700. The molecular weight excluding hydrogens is 976 g/mol. The number of aliphatic hydroxyl groups is 2. The zero-order chi connectivity index (χ0) is 49.6. The molecule has 370 valence electrons. The number of carbonyl (C=O) groups is 2. The van der Waals surface area contributed by atoms with E-state index in [1.54, 1.807) is 30.9 Å². The summed E-state index contributed by atoms with van der Waals surface area (Å²) in [6.07, 6.45) is -12.1. The Morgan fingerprint density at radius 3 is 1.52 bits per heavy atom. The van der Waals surface area contributed by atoms with Crippen LogP contribution in [0.4, 0.5) is 53.5 Å². The molecule has 0 aliphatic heterocycles. The Kier molecular flexibility index (Phi) is 16.2. The lowest BCUT2D eigenvalue weighted by Gasteiger charge is -2.28. The quantitative estimate of drug-likeness (QED) is 0.0546. The van der Waals surface area contributed by atoms with Gasteiger partial charge in [0.1, 0.15) is 34.5 Å². The average molecular weight is 1020 g/mol. The first kappa shape index (κ1) is 51.1. The van der Waals surface area contributed by atoms with Crippen LogP contribution in [0.2, 0.25) is 5.28 Å². The van der Waals surface area contributed by atoms with Crippen molar-refractivity contribution in [2.24, 2.45) is 0 Å². The Balaban J connectivity index is 0.000000204. The zero-order valence-electron chi connectivity index (χ0n) is 37.2. The maximum atomic E-state index is 12.9. The number of nitrogens with zero attached hydrogens (tertiary/aromatic N) is 6. The molecule has 2 aliphatic carbocycles. The highest BCUT2D eigenvalue weighted by atomic mass is 35.5. The number of likely N-dealkylation sites (N-methyl/N-ethyl adjacent to an activating group) is 2. The largest absolute Gasteiger partial charge is 0.445 e. The number of aromatic nitrogens is 4. The molecule has 4 heterocycles. The van der Waals surface area contributed by atoms with Crippen molar-refractivity contribution in [3.8, 4) is 0 Å². The maximum Gasteiger partial charge on any atom is 0.407 e. The van der Waals surface area contributed by atoms with Gasteiger partial charge in [-0.05, 0) is 60.5 Å². The minimum atomic E-state index is -4.35. The highest BCUT2D eigenvalue weighted by Gasteiger charge is 2.40. The molecule has 2 saturated carbocycles. The Morgan fingerprint density at radius 1 is 0.681 bits per heavy atom. The standard InChI is InChI=1S/C23H26F3N5O3S.C22H22ClF3N4O3S/c1-27-21-29-19(16-10-15(11-23(24,25)26)35-20(16)30-21)31(2)17-8-14(9-18(17)32)28-22(33)34-12-13-6-4-3-5-7-13;1-30(18-15-9-14(10-22(24,25)26)34-19(15)29-20(23)28-18)16-7-13(8-17(16)31)27-21(32)33-11-12-5-3-2-4-6-12/h3-7,10,14,17-18,32H,8-9,11-12H2,1-2H3,(H,28,33)(H,27,29,30);2-6,9,13,16-17,31H,7-8,10-11H2,1H3,(H,27,32)/t14-,17+,18-;13-,16+,17-/m11/s1. The second-order valence-electron chi connectivity index (χ2n) is 16.6. The molecule has 4 aromatic heterocycles. The molecular formula is C45H48ClF6N9O6S2. The SMILES string of the molecule is CN(c1nc(Cl)nc2sc(CC(F)(F)F)cc12)[C@H]1C[C@@H](NC(=O)OCc2ccccc2)C[C@H]1O.CNc1nc(N(C)[C@H]2C[C@@H](NC(=O)OCc3ccccc3)C[C@H]2O)c2cc(CC(F)(F)F)sc2n1. The lowest BCUT2D eigenvalue weighted by atomic mass is 10.1. The van der Waals surface area contributed by atoms with Crippen LogP contribution >= 0.6 is 34.3 Å². The molecule has 2 aliphatic rings. The van der Waals surface area contributed by atoms with Gasteiger partial charge in [-0.15, -0.1) is 22.7 Å². The third kappa shape index (κ3) is 13.7. The van der Waals surface area contributed by atoms with Crippen LogP contribution in [0.15, 0.2) is 72.8 Å². The number of ether oxygens (including phenoxy) is 2. The molecule has 15 nitrogen and oxygen atoms in total. The number of hydrogen-bond donors (Lipinski definition) is 5. The van der Waals surface area contributed by atoms with Crippen molar-refractivity contribution in [2.75, 3.05) is 36.3 Å². The van der Waals surface area contributed by atoms with Gasteiger partial charge in [0.25, 0.3) is 0 Å². The Hall–Kier alpha value is -5.75. The van der Waals surface area contributed by atoms with Crippen molar-refractivity contribution < 1.29 is 55.6 Å². The summed E-state index contributed by atoms with van der Waals surface area (Å²) >= 11 is 7.91. The fourth-order valence-corrected chi connectivity index (χ4v) is 10.7. The summed E-state index contributed by atoms with van der Waals surface area (Å²) in [6.45, 7) is 0.260. The van der Waals surface area contributed by atoms with Crippen molar-refractivity contribution in [1.29, 1.82) is 0 Å². The van der Waals surface area contributed by atoms with Crippen molar-refractivity contribution in [3.63, 3.8) is 0 Å². The molecule has 2 amide bonds. The summed E-state index contributed by atoms with van der Waals surface area (Å²) in [6, 6.07) is 19.9. The predicted molar refractivity (Wildman–Crippen MR) is 251 cm³/mol. The van der Waals surface area contributed by atoms with Gasteiger partial charge in [0.15, 0.2) is 0 Å². The molecule has 2 aromatic carbocycles. The molecule has 6 atom stereocenters. The van der Waals surface area contributed by atoms with E-state index in [-0.39, 0.29) is 46.3 Å². The van der Waals surface area contributed by atoms with Crippen LogP contribution in [0, 0.1) is 0 Å². The smallest absolute Gasteiger partial charge is 0.407 e. The van der Waals surface area contributed by atoms with Gasteiger partial charge >= 0.3 is 24.5 Å². The molecule has 24 heteroatoms. The number of thiophene rings is 2. The number of carbonyl (C=O) groups excluding carboxylic acids is 2. The summed E-state index contributed by atoms with van der Waals surface area (Å²) < 4.78 is 87.9. The summed E-state index contributed by atoms with van der Waals surface area (Å²) in [5, 5.41) is 30.6. The second kappa shape index (κ2) is 21.9. The van der Waals surface area contributed by atoms with Crippen molar-refractivity contribution in [2.45, 2.75) is 100 Å². The molecule has 0 saturated heterocycles. The van der Waals surface area contributed by atoms with Gasteiger partial charge in [-0.2, -0.15) is 36.3 Å². The van der Waals surface area contributed by atoms with E-state index in [9.17, 15) is 46.1 Å². The molecule has 0 bridgehead atoms. The molecule has 69 heavy (non-hydrogen) atoms. The second-order valence-corrected chi connectivity index (χ2v) is 19.2. The van der Waals surface area contributed by atoms with Crippen LogP contribution in [0.5, 0.6) is 0 Å². The third-order valence-corrected chi connectivity index (χ3v) is 13.7. The summed E-state index contributed by atoms with van der Waals surface area (Å²) in [5.74, 6) is 1.02. The van der Waals surface area contributed by atoms with Gasteiger partial charge in [0.05, 0.1) is 47.9 Å². The summed E-state index contributed by atoms with van der Waals surface area (Å²) in [7, 11) is 5.04. The molecule has 8 rings (SSSR count). The number of fused-ring (bicyclic) bond motifs is 2. The fraction of sp³-hybridized carbons (Fsp3) is 0.422. The van der Waals surface area contributed by atoms with Gasteiger partial charge in [-0.3, -0.25) is 0 Å². The fourth-order valence-electron chi connectivity index (χ4n) is 8.34. The first-order valence-corrected chi connectivity index (χ1v) is 23.6. The van der Waals surface area contributed by atoms with Crippen LogP contribution < -0.4 is 25.8 Å². The Labute approximate surface area is 404 Å². The number of amides is 2. The van der Waals surface area contributed by atoms with Crippen LogP contribution in [0.25, 0.3) is 20.4 Å². The third-order valence-electron chi connectivity index (χ3n) is 11.5. The van der Waals surface area contributed by atoms with Crippen molar-refractivity contribution in [1.82, 2.24) is 30.6 Å². The maximum absolute atomic E-state index is 12.9. The van der Waals surface area contributed by atoms with E-state index in [0.717, 1.165) is 33.8 Å². The van der Waals surface area contributed by atoms with Gasteiger partial charge in [0, 0.05) is 43.0 Å². The minimum Gasteiger partial charge on any atom is -0.445 e. The summed E-state index contributed by atoms with van der Waals surface area (Å²) in [5.41, 5.74) is 1.72. The number of benzene rings is 2. The molecule has 2 fully saturated rings. The van der Waals surface area contributed by atoms with E-state index < -0.39 is 61.7 Å². The van der Waals surface area contributed by atoms with Gasteiger partial charge in [0.2, 0.25) is 11.2 Å². The van der Waals surface area contributed by atoms with Crippen LogP contribution in [-0.2, 0) is 35.5 Å². The molecule has 0 unspecified atom stereocenters. The lowest BCUT2D eigenvalue weighted by molar-refractivity contribution is -0.127. The van der Waals surface area contributed by atoms with Gasteiger partial charge in [-0.1, -0.05) is 60.7 Å². The van der Waals surface area contributed by atoms with Crippen LogP contribution in [0.1, 0.15) is 46.6 Å². The number of alkyl halides is 6. The van der Waals surface area contributed by atoms with Gasteiger partial charge < -0.3 is 45.4 Å². The van der Waals surface area contributed by atoms with Crippen molar-refractivity contribution >= 4 is 84.5 Å².